The second kappa shape index (κ2) is 7.17. The number of carbonyl (C=O) groups excluding carboxylic acids is 2. The quantitative estimate of drug-likeness (QED) is 0.655. The standard InChI is InChI=1S/C19H18BrN3O2S/c1-9-7-10(2)22-19-14(9)11(3)16(26-19)18(25)23-15(17(21)24)12-5-4-6-13(20)8-12/h4-8,15H,1-3H3,(H2,21,24)(H,23,25). The van der Waals surface area contributed by atoms with Gasteiger partial charge in [0.2, 0.25) is 5.91 Å². The largest absolute Gasteiger partial charge is 0.368 e. The van der Waals surface area contributed by atoms with Crippen molar-refractivity contribution in [2.45, 2.75) is 26.8 Å². The Kier molecular flexibility index (Phi) is 5.11. The number of hydrogen-bond acceptors (Lipinski definition) is 4. The minimum absolute atomic E-state index is 0.327. The van der Waals surface area contributed by atoms with Crippen LogP contribution >= 0.6 is 27.3 Å². The first-order valence-electron chi connectivity index (χ1n) is 8.01. The van der Waals surface area contributed by atoms with Crippen molar-refractivity contribution in [1.82, 2.24) is 10.3 Å². The highest BCUT2D eigenvalue weighted by molar-refractivity contribution is 9.10. The smallest absolute Gasteiger partial charge is 0.262 e. The van der Waals surface area contributed by atoms with E-state index in [0.717, 1.165) is 31.5 Å². The summed E-state index contributed by atoms with van der Waals surface area (Å²) >= 11 is 4.70. The molecule has 0 saturated heterocycles. The van der Waals surface area contributed by atoms with Crippen molar-refractivity contribution in [2.75, 3.05) is 0 Å². The molecule has 0 saturated carbocycles. The van der Waals surface area contributed by atoms with Gasteiger partial charge in [0.15, 0.2) is 0 Å². The zero-order valence-electron chi connectivity index (χ0n) is 14.6. The number of thiophene rings is 1. The van der Waals surface area contributed by atoms with Crippen molar-refractivity contribution < 1.29 is 9.59 Å². The van der Waals surface area contributed by atoms with Gasteiger partial charge in [-0.1, -0.05) is 28.1 Å². The van der Waals surface area contributed by atoms with Gasteiger partial charge in [-0.2, -0.15) is 0 Å². The first-order chi connectivity index (χ1) is 12.3. The Balaban J connectivity index is 1.98. The number of primary amides is 1. The highest BCUT2D eigenvalue weighted by atomic mass is 79.9. The van der Waals surface area contributed by atoms with Gasteiger partial charge in [0.1, 0.15) is 10.9 Å². The second-order valence-electron chi connectivity index (χ2n) is 6.18. The molecule has 1 unspecified atom stereocenters. The van der Waals surface area contributed by atoms with E-state index in [2.05, 4.69) is 26.2 Å². The SMILES string of the molecule is Cc1cc(C)c2c(C)c(C(=O)NC(C(N)=O)c3cccc(Br)c3)sc2n1. The van der Waals surface area contributed by atoms with Gasteiger partial charge >= 0.3 is 0 Å². The number of hydrogen-bond donors (Lipinski definition) is 2. The summed E-state index contributed by atoms with van der Waals surface area (Å²) in [4.78, 5) is 30.7. The molecule has 0 radical (unpaired) electrons. The lowest BCUT2D eigenvalue weighted by atomic mass is 10.1. The van der Waals surface area contributed by atoms with Gasteiger partial charge in [-0.05, 0) is 55.7 Å². The number of pyridine rings is 1. The number of benzene rings is 1. The van der Waals surface area contributed by atoms with Crippen LogP contribution in [0.25, 0.3) is 10.2 Å². The van der Waals surface area contributed by atoms with Gasteiger partial charge in [-0.25, -0.2) is 4.98 Å². The van der Waals surface area contributed by atoms with E-state index >= 15 is 0 Å². The summed E-state index contributed by atoms with van der Waals surface area (Å²) in [5.41, 5.74) is 9.01. The Hall–Kier alpha value is -2.25. The number of carbonyl (C=O) groups is 2. The van der Waals surface area contributed by atoms with Crippen LogP contribution in [0.2, 0.25) is 0 Å². The molecule has 5 nitrogen and oxygen atoms in total. The van der Waals surface area contributed by atoms with Crippen molar-refractivity contribution in [2.24, 2.45) is 5.73 Å². The first-order valence-corrected chi connectivity index (χ1v) is 9.62. The van der Waals surface area contributed by atoms with Gasteiger partial charge in [-0.15, -0.1) is 11.3 Å². The number of amides is 2. The zero-order chi connectivity index (χ0) is 19.0. The Morgan fingerprint density at radius 3 is 2.62 bits per heavy atom. The van der Waals surface area contributed by atoms with Crippen molar-refractivity contribution in [3.05, 3.63) is 62.1 Å². The highest BCUT2D eigenvalue weighted by Gasteiger charge is 2.24. The summed E-state index contributed by atoms with van der Waals surface area (Å²) in [5, 5.41) is 3.75. The van der Waals surface area contributed by atoms with Crippen LogP contribution in [0.3, 0.4) is 0 Å². The Labute approximate surface area is 163 Å². The molecule has 3 N–H and O–H groups in total. The zero-order valence-corrected chi connectivity index (χ0v) is 17.0. The van der Waals surface area contributed by atoms with E-state index in [4.69, 9.17) is 5.73 Å². The molecule has 7 heteroatoms. The molecular formula is C19H18BrN3O2S. The third-order valence-electron chi connectivity index (χ3n) is 4.17. The maximum absolute atomic E-state index is 12.9. The monoisotopic (exact) mass is 431 g/mol. The van der Waals surface area contributed by atoms with Crippen LogP contribution in [0, 0.1) is 20.8 Å². The van der Waals surface area contributed by atoms with Crippen molar-refractivity contribution in [1.29, 1.82) is 0 Å². The molecule has 1 aromatic carbocycles. The van der Waals surface area contributed by atoms with E-state index in [1.807, 2.05) is 32.9 Å². The summed E-state index contributed by atoms with van der Waals surface area (Å²) in [7, 11) is 0. The van der Waals surface area contributed by atoms with Gasteiger partial charge in [0.05, 0.1) is 4.88 Å². The average molecular weight is 432 g/mol. The van der Waals surface area contributed by atoms with Gasteiger partial charge in [0, 0.05) is 15.6 Å². The molecule has 3 rings (SSSR count). The number of fused-ring (bicyclic) bond motifs is 1. The van der Waals surface area contributed by atoms with Gasteiger partial charge < -0.3 is 11.1 Å². The molecule has 0 spiro atoms. The number of nitrogens with two attached hydrogens (primary N) is 1. The number of halogens is 1. The molecule has 0 aliphatic heterocycles. The van der Waals surface area contributed by atoms with Crippen LogP contribution in [0.4, 0.5) is 0 Å². The number of nitrogens with zero attached hydrogens (tertiary/aromatic N) is 1. The van der Waals surface area contributed by atoms with Crippen LogP contribution in [-0.2, 0) is 4.79 Å². The third-order valence-corrected chi connectivity index (χ3v) is 5.85. The number of rotatable bonds is 4. The van der Waals surface area contributed by atoms with E-state index in [1.54, 1.807) is 18.2 Å². The van der Waals surface area contributed by atoms with E-state index in [-0.39, 0.29) is 5.91 Å². The molecular weight excluding hydrogens is 414 g/mol. The number of aromatic nitrogens is 1. The highest BCUT2D eigenvalue weighted by Crippen LogP contribution is 2.32. The molecule has 0 fully saturated rings. The lowest BCUT2D eigenvalue weighted by Crippen LogP contribution is -2.37. The van der Waals surface area contributed by atoms with Crippen LogP contribution in [0.15, 0.2) is 34.8 Å². The Morgan fingerprint density at radius 1 is 1.23 bits per heavy atom. The van der Waals surface area contributed by atoms with E-state index in [0.29, 0.717) is 10.4 Å². The van der Waals surface area contributed by atoms with Crippen molar-refractivity contribution >= 4 is 49.3 Å². The van der Waals surface area contributed by atoms with Crippen LogP contribution < -0.4 is 11.1 Å². The van der Waals surface area contributed by atoms with Crippen molar-refractivity contribution in [3.8, 4) is 0 Å². The lowest BCUT2D eigenvalue weighted by molar-refractivity contribution is -0.120. The Bertz CT molecular complexity index is 1030. The Morgan fingerprint density at radius 2 is 1.96 bits per heavy atom. The molecule has 0 aliphatic rings. The predicted octanol–water partition coefficient (Wildman–Crippen LogP) is 3.94. The number of aryl methyl sites for hydroxylation is 3. The minimum atomic E-state index is -0.902. The van der Waals surface area contributed by atoms with Crippen LogP contribution in [-0.4, -0.2) is 16.8 Å². The van der Waals surface area contributed by atoms with Gasteiger partial charge in [-0.3, -0.25) is 9.59 Å². The number of nitrogens with one attached hydrogen (secondary N) is 1. The fourth-order valence-corrected chi connectivity index (χ4v) is 4.66. The molecule has 2 heterocycles. The van der Waals surface area contributed by atoms with Gasteiger partial charge in [0.25, 0.3) is 5.91 Å². The first kappa shape index (κ1) is 18.5. The lowest BCUT2D eigenvalue weighted by Gasteiger charge is -2.16. The van der Waals surface area contributed by atoms with Crippen molar-refractivity contribution in [3.63, 3.8) is 0 Å². The summed E-state index contributed by atoms with van der Waals surface area (Å²) in [6, 6.07) is 8.26. The van der Waals surface area contributed by atoms with Crippen LogP contribution in [0.5, 0.6) is 0 Å². The molecule has 3 aromatic rings. The molecule has 2 amide bonds. The fourth-order valence-electron chi connectivity index (χ4n) is 3.04. The average Bonchev–Trinajstić information content (AvgIpc) is 2.88. The molecule has 2 aromatic heterocycles. The summed E-state index contributed by atoms with van der Waals surface area (Å²) in [6.45, 7) is 5.83. The predicted molar refractivity (Wildman–Crippen MR) is 107 cm³/mol. The molecule has 1 atom stereocenters. The van der Waals surface area contributed by atoms with E-state index in [1.165, 1.54) is 11.3 Å². The van der Waals surface area contributed by atoms with Crippen LogP contribution in [0.1, 0.15) is 38.1 Å². The minimum Gasteiger partial charge on any atom is -0.368 e. The van der Waals surface area contributed by atoms with E-state index in [9.17, 15) is 9.59 Å². The van der Waals surface area contributed by atoms with E-state index < -0.39 is 11.9 Å². The molecule has 0 bridgehead atoms. The normalized spacial score (nSPS) is 12.2. The molecule has 134 valence electrons. The topological polar surface area (TPSA) is 85.1 Å². The third kappa shape index (κ3) is 3.50. The maximum Gasteiger partial charge on any atom is 0.262 e. The summed E-state index contributed by atoms with van der Waals surface area (Å²) < 4.78 is 0.809. The maximum atomic E-state index is 12.9. The fraction of sp³-hybridized carbons (Fsp3) is 0.211. The second-order valence-corrected chi connectivity index (χ2v) is 8.10. The molecule has 0 aliphatic carbocycles. The summed E-state index contributed by atoms with van der Waals surface area (Å²) in [5.74, 6) is -0.938. The molecule has 26 heavy (non-hydrogen) atoms. The summed E-state index contributed by atoms with van der Waals surface area (Å²) in [6.07, 6.45) is 0.